The summed E-state index contributed by atoms with van der Waals surface area (Å²) in [5, 5.41) is 1.46. The van der Waals surface area contributed by atoms with Crippen molar-refractivity contribution in [3.8, 4) is 5.75 Å². The van der Waals surface area contributed by atoms with E-state index in [1.54, 1.807) is 0 Å². The number of pyridine rings is 1. The van der Waals surface area contributed by atoms with Gasteiger partial charge in [0.15, 0.2) is 0 Å². The smallest absolute Gasteiger partial charge is 0.308 e. The van der Waals surface area contributed by atoms with Gasteiger partial charge in [0.05, 0.1) is 5.52 Å². The number of carbonyl (C=O) groups is 1. The fourth-order valence-electron chi connectivity index (χ4n) is 2.22. The van der Waals surface area contributed by atoms with Crippen LogP contribution in [0.3, 0.4) is 0 Å². The molecule has 0 saturated heterocycles. The minimum absolute atomic E-state index is 0.336. The molecule has 4 heteroatoms. The van der Waals surface area contributed by atoms with Gasteiger partial charge >= 0.3 is 5.97 Å². The molecule has 100 valence electrons. The van der Waals surface area contributed by atoms with Crippen LogP contribution in [-0.4, -0.2) is 11.0 Å². The number of hydrogen-bond acceptors (Lipinski definition) is 3. The number of ether oxygens (including phenoxy) is 1. The molecule has 0 amide bonds. The lowest BCUT2D eigenvalue weighted by atomic mass is 10.0. The van der Waals surface area contributed by atoms with Crippen LogP contribution in [0.1, 0.15) is 30.7 Å². The highest BCUT2D eigenvalue weighted by molar-refractivity contribution is 6.32. The second-order valence-corrected chi connectivity index (χ2v) is 4.93. The summed E-state index contributed by atoms with van der Waals surface area (Å²) >= 11 is 6.15. The molecule has 3 nitrogen and oxygen atoms in total. The zero-order chi connectivity index (χ0) is 14.2. The molecule has 1 heterocycles. The van der Waals surface area contributed by atoms with Crippen LogP contribution in [0.2, 0.25) is 5.02 Å². The fraction of sp³-hybridized carbons (Fsp3) is 0.333. The molecule has 0 spiro atoms. The number of esters is 1. The molecule has 0 aliphatic rings. The molecule has 0 aliphatic heterocycles. The normalized spacial score (nSPS) is 10.8. The molecular weight excluding hydrogens is 262 g/mol. The lowest BCUT2D eigenvalue weighted by Crippen LogP contribution is -2.07. The lowest BCUT2D eigenvalue weighted by Gasteiger charge is -2.15. The Labute approximate surface area is 117 Å². The molecule has 0 aliphatic carbocycles. The van der Waals surface area contributed by atoms with E-state index in [-0.39, 0.29) is 5.97 Å². The van der Waals surface area contributed by atoms with Crippen molar-refractivity contribution in [3.05, 3.63) is 34.0 Å². The van der Waals surface area contributed by atoms with E-state index in [1.165, 1.54) is 6.92 Å². The second-order valence-electron chi connectivity index (χ2n) is 4.53. The number of aryl methyl sites for hydroxylation is 2. The summed E-state index contributed by atoms with van der Waals surface area (Å²) in [5.41, 5.74) is 3.52. The maximum Gasteiger partial charge on any atom is 0.308 e. The Bertz CT molecular complexity index is 665. The van der Waals surface area contributed by atoms with Crippen molar-refractivity contribution in [3.63, 3.8) is 0 Å². The number of halogens is 1. The van der Waals surface area contributed by atoms with Crippen LogP contribution in [0.15, 0.2) is 12.1 Å². The van der Waals surface area contributed by atoms with Gasteiger partial charge in [-0.05, 0) is 38.0 Å². The third-order valence-electron chi connectivity index (χ3n) is 3.21. The van der Waals surface area contributed by atoms with Crippen LogP contribution < -0.4 is 4.74 Å². The molecule has 1 aromatic heterocycles. The van der Waals surface area contributed by atoms with Gasteiger partial charge in [-0.2, -0.15) is 0 Å². The Balaban J connectivity index is 2.88. The van der Waals surface area contributed by atoms with Gasteiger partial charge in [0.25, 0.3) is 0 Å². The van der Waals surface area contributed by atoms with Gasteiger partial charge in [-0.3, -0.25) is 9.78 Å². The first-order valence-corrected chi connectivity index (χ1v) is 6.60. The van der Waals surface area contributed by atoms with Crippen LogP contribution in [0, 0.1) is 13.8 Å². The van der Waals surface area contributed by atoms with E-state index in [1.807, 2.05) is 32.9 Å². The van der Waals surface area contributed by atoms with Crippen LogP contribution in [0.5, 0.6) is 5.75 Å². The van der Waals surface area contributed by atoms with Crippen LogP contribution >= 0.6 is 11.6 Å². The van der Waals surface area contributed by atoms with Gasteiger partial charge in [-0.1, -0.05) is 18.5 Å². The standard InChI is InChI=1S/C15H16ClNO2/c1-5-12-9(3)15(19-10(4)18)14-8(2)11(16)6-7-13(14)17-12/h6-7H,5H2,1-4H3. The molecule has 0 fully saturated rings. The van der Waals surface area contributed by atoms with Crippen molar-refractivity contribution in [1.82, 2.24) is 4.98 Å². The maximum atomic E-state index is 11.3. The van der Waals surface area contributed by atoms with Crippen LogP contribution in [0.25, 0.3) is 10.9 Å². The van der Waals surface area contributed by atoms with Crippen molar-refractivity contribution < 1.29 is 9.53 Å². The quantitative estimate of drug-likeness (QED) is 0.779. The second kappa shape index (κ2) is 5.17. The van der Waals surface area contributed by atoms with Gasteiger partial charge in [-0.15, -0.1) is 0 Å². The van der Waals surface area contributed by atoms with Crippen molar-refractivity contribution >= 4 is 28.5 Å². The monoisotopic (exact) mass is 277 g/mol. The Morgan fingerprint density at radius 2 is 2.00 bits per heavy atom. The SMILES string of the molecule is CCc1nc2ccc(Cl)c(C)c2c(OC(C)=O)c1C. The van der Waals surface area contributed by atoms with Crippen LogP contribution in [-0.2, 0) is 11.2 Å². The van der Waals surface area contributed by atoms with E-state index in [0.29, 0.717) is 10.8 Å². The fourth-order valence-corrected chi connectivity index (χ4v) is 2.37. The minimum atomic E-state index is -0.336. The maximum absolute atomic E-state index is 11.3. The van der Waals surface area contributed by atoms with E-state index in [2.05, 4.69) is 4.98 Å². The third-order valence-corrected chi connectivity index (χ3v) is 3.62. The van der Waals surface area contributed by atoms with E-state index in [4.69, 9.17) is 16.3 Å². The van der Waals surface area contributed by atoms with Gasteiger partial charge in [0.1, 0.15) is 5.75 Å². The molecule has 0 saturated carbocycles. The number of aromatic nitrogens is 1. The summed E-state index contributed by atoms with van der Waals surface area (Å²) in [4.78, 5) is 15.9. The number of carbonyl (C=O) groups excluding carboxylic acids is 1. The molecule has 2 rings (SSSR count). The van der Waals surface area contributed by atoms with Gasteiger partial charge < -0.3 is 4.74 Å². The zero-order valence-electron chi connectivity index (χ0n) is 11.5. The van der Waals surface area contributed by atoms with Gasteiger partial charge in [-0.25, -0.2) is 0 Å². The number of rotatable bonds is 2. The molecule has 1 aromatic carbocycles. The van der Waals surface area contributed by atoms with Crippen LogP contribution in [0.4, 0.5) is 0 Å². The van der Waals surface area contributed by atoms with Crippen molar-refractivity contribution in [2.24, 2.45) is 0 Å². The van der Waals surface area contributed by atoms with E-state index >= 15 is 0 Å². The summed E-state index contributed by atoms with van der Waals surface area (Å²) < 4.78 is 5.40. The predicted octanol–water partition coefficient (Wildman–Crippen LogP) is 3.99. The number of hydrogen-bond donors (Lipinski definition) is 0. The summed E-state index contributed by atoms with van der Waals surface area (Å²) in [6.07, 6.45) is 0.789. The average Bonchev–Trinajstić information content (AvgIpc) is 2.36. The summed E-state index contributed by atoms with van der Waals surface area (Å²) in [6.45, 7) is 7.26. The Hall–Kier alpha value is -1.61. The first kappa shape index (κ1) is 13.8. The number of fused-ring (bicyclic) bond motifs is 1. The Kier molecular flexibility index (Phi) is 3.76. The summed E-state index contributed by atoms with van der Waals surface area (Å²) in [6, 6.07) is 3.68. The Morgan fingerprint density at radius 1 is 1.32 bits per heavy atom. The predicted molar refractivity (Wildman–Crippen MR) is 76.9 cm³/mol. The largest absolute Gasteiger partial charge is 0.426 e. The van der Waals surface area contributed by atoms with Gasteiger partial charge in [0, 0.05) is 28.6 Å². The van der Waals surface area contributed by atoms with Crippen molar-refractivity contribution in [2.45, 2.75) is 34.1 Å². The molecule has 0 bridgehead atoms. The number of nitrogens with zero attached hydrogens (tertiary/aromatic N) is 1. The average molecular weight is 278 g/mol. The highest BCUT2D eigenvalue weighted by Gasteiger charge is 2.16. The van der Waals surface area contributed by atoms with Crippen molar-refractivity contribution in [2.75, 3.05) is 0 Å². The lowest BCUT2D eigenvalue weighted by molar-refractivity contribution is -0.131. The first-order valence-electron chi connectivity index (χ1n) is 6.22. The van der Waals surface area contributed by atoms with E-state index in [9.17, 15) is 4.79 Å². The molecule has 2 aromatic rings. The van der Waals surface area contributed by atoms with Gasteiger partial charge in [0.2, 0.25) is 0 Å². The first-order chi connectivity index (χ1) is 8.95. The van der Waals surface area contributed by atoms with Crippen molar-refractivity contribution in [1.29, 1.82) is 0 Å². The highest BCUT2D eigenvalue weighted by Crippen LogP contribution is 2.35. The summed E-state index contributed by atoms with van der Waals surface area (Å²) in [5.74, 6) is 0.242. The molecule has 0 N–H and O–H groups in total. The topological polar surface area (TPSA) is 39.2 Å². The summed E-state index contributed by atoms with van der Waals surface area (Å²) in [7, 11) is 0. The molecule has 0 atom stereocenters. The zero-order valence-corrected chi connectivity index (χ0v) is 12.3. The Morgan fingerprint density at radius 3 is 2.58 bits per heavy atom. The molecular formula is C15H16ClNO2. The van der Waals surface area contributed by atoms with E-state index in [0.717, 1.165) is 34.1 Å². The molecule has 19 heavy (non-hydrogen) atoms. The minimum Gasteiger partial charge on any atom is -0.426 e. The molecule has 0 radical (unpaired) electrons. The third kappa shape index (κ3) is 2.43. The molecule has 0 unspecified atom stereocenters. The highest BCUT2D eigenvalue weighted by atomic mass is 35.5. The van der Waals surface area contributed by atoms with E-state index < -0.39 is 0 Å². The number of benzene rings is 1.